The van der Waals surface area contributed by atoms with E-state index in [1.165, 1.54) is 0 Å². The van der Waals surface area contributed by atoms with Gasteiger partial charge in [0.15, 0.2) is 0 Å². The number of hydrogen-bond donors (Lipinski definition) is 2. The van der Waals surface area contributed by atoms with Gasteiger partial charge in [-0.05, 0) is 35.9 Å². The van der Waals surface area contributed by atoms with Gasteiger partial charge < -0.3 is 11.1 Å². The lowest BCUT2D eigenvalue weighted by Gasteiger charge is -2.06. The molecule has 18 heavy (non-hydrogen) atoms. The molecule has 0 aliphatic rings. The van der Waals surface area contributed by atoms with E-state index in [0.29, 0.717) is 17.1 Å². The zero-order valence-electron chi connectivity index (χ0n) is 9.69. The molecule has 0 bridgehead atoms. The first-order valence-electron chi connectivity index (χ1n) is 5.55. The van der Waals surface area contributed by atoms with Crippen molar-refractivity contribution in [2.24, 2.45) is 5.73 Å². The molecule has 0 aliphatic heterocycles. The molecule has 0 unspecified atom stereocenters. The van der Waals surface area contributed by atoms with Crippen LogP contribution >= 0.6 is 11.6 Å². The van der Waals surface area contributed by atoms with E-state index in [2.05, 4.69) is 5.32 Å². The second-order valence-electron chi connectivity index (χ2n) is 3.87. The van der Waals surface area contributed by atoms with Gasteiger partial charge in [0.25, 0.3) is 5.91 Å². The summed E-state index contributed by atoms with van der Waals surface area (Å²) in [7, 11) is 0. The van der Waals surface area contributed by atoms with Gasteiger partial charge in [-0.15, -0.1) is 0 Å². The number of carbonyl (C=O) groups is 1. The van der Waals surface area contributed by atoms with Crippen LogP contribution in [0.2, 0.25) is 5.02 Å². The second-order valence-corrected chi connectivity index (χ2v) is 4.31. The summed E-state index contributed by atoms with van der Waals surface area (Å²) in [5.74, 6) is -0.188. The van der Waals surface area contributed by atoms with Crippen LogP contribution in [0.5, 0.6) is 0 Å². The minimum atomic E-state index is -0.188. The van der Waals surface area contributed by atoms with Gasteiger partial charge >= 0.3 is 0 Å². The monoisotopic (exact) mass is 260 g/mol. The van der Waals surface area contributed by atoms with Crippen molar-refractivity contribution >= 4 is 23.2 Å². The topological polar surface area (TPSA) is 55.1 Å². The Bertz CT molecular complexity index is 569. The lowest BCUT2D eigenvalue weighted by Crippen LogP contribution is -2.12. The van der Waals surface area contributed by atoms with Crippen molar-refractivity contribution in [1.82, 2.24) is 0 Å². The van der Waals surface area contributed by atoms with Gasteiger partial charge in [-0.3, -0.25) is 4.79 Å². The fourth-order valence-corrected chi connectivity index (χ4v) is 1.80. The summed E-state index contributed by atoms with van der Waals surface area (Å²) < 4.78 is 0. The third kappa shape index (κ3) is 3.09. The molecule has 0 saturated carbocycles. The number of halogens is 1. The van der Waals surface area contributed by atoms with E-state index in [1.54, 1.807) is 24.3 Å². The summed E-state index contributed by atoms with van der Waals surface area (Å²) in [5.41, 5.74) is 7.77. The smallest absolute Gasteiger partial charge is 0.255 e. The minimum absolute atomic E-state index is 0.188. The third-order valence-corrected chi connectivity index (χ3v) is 2.74. The van der Waals surface area contributed by atoms with Crippen molar-refractivity contribution in [3.63, 3.8) is 0 Å². The Labute approximate surface area is 111 Å². The van der Waals surface area contributed by atoms with E-state index in [-0.39, 0.29) is 5.91 Å². The van der Waals surface area contributed by atoms with Crippen molar-refractivity contribution < 1.29 is 4.79 Å². The lowest BCUT2D eigenvalue weighted by atomic mass is 10.2. The van der Waals surface area contributed by atoms with Crippen molar-refractivity contribution in [3.8, 4) is 0 Å². The van der Waals surface area contributed by atoms with E-state index >= 15 is 0 Å². The van der Waals surface area contributed by atoms with Gasteiger partial charge in [0, 0.05) is 22.8 Å². The number of rotatable bonds is 3. The van der Waals surface area contributed by atoms with Gasteiger partial charge in [0.1, 0.15) is 0 Å². The van der Waals surface area contributed by atoms with E-state index in [0.717, 1.165) is 11.3 Å². The van der Waals surface area contributed by atoms with Gasteiger partial charge in [-0.25, -0.2) is 0 Å². The Morgan fingerprint density at radius 1 is 1.17 bits per heavy atom. The zero-order chi connectivity index (χ0) is 13.0. The molecule has 3 N–H and O–H groups in total. The van der Waals surface area contributed by atoms with E-state index in [9.17, 15) is 4.79 Å². The van der Waals surface area contributed by atoms with Crippen molar-refractivity contribution in [2.75, 3.05) is 5.32 Å². The fraction of sp³-hybridized carbons (Fsp3) is 0.0714. The molecule has 0 aliphatic carbocycles. The largest absolute Gasteiger partial charge is 0.326 e. The Hall–Kier alpha value is -1.84. The summed E-state index contributed by atoms with van der Waals surface area (Å²) >= 11 is 5.84. The number of hydrogen-bond acceptors (Lipinski definition) is 2. The molecule has 0 radical (unpaired) electrons. The maximum atomic E-state index is 12.0. The first-order valence-corrected chi connectivity index (χ1v) is 5.93. The fourth-order valence-electron chi connectivity index (χ4n) is 1.61. The predicted octanol–water partition coefficient (Wildman–Crippen LogP) is 3.05. The quantitative estimate of drug-likeness (QED) is 0.891. The zero-order valence-corrected chi connectivity index (χ0v) is 10.4. The molecule has 0 atom stereocenters. The summed E-state index contributed by atoms with van der Waals surface area (Å²) in [5, 5.41) is 3.35. The Balaban J connectivity index is 2.16. The number of amides is 1. The molecule has 0 spiro atoms. The van der Waals surface area contributed by atoms with Crippen molar-refractivity contribution in [1.29, 1.82) is 0 Å². The minimum Gasteiger partial charge on any atom is -0.326 e. The highest BCUT2D eigenvalue weighted by atomic mass is 35.5. The SMILES string of the molecule is NCc1cccc(NC(=O)c2cccc(Cl)c2)c1. The maximum absolute atomic E-state index is 12.0. The molecule has 0 saturated heterocycles. The molecule has 0 heterocycles. The first kappa shape index (κ1) is 12.6. The second kappa shape index (κ2) is 5.67. The van der Waals surface area contributed by atoms with E-state index in [4.69, 9.17) is 17.3 Å². The Morgan fingerprint density at radius 3 is 2.67 bits per heavy atom. The first-order chi connectivity index (χ1) is 8.69. The van der Waals surface area contributed by atoms with Crippen LogP contribution in [0.25, 0.3) is 0 Å². The van der Waals surface area contributed by atoms with Crippen LogP contribution in [0, 0.1) is 0 Å². The highest BCUT2D eigenvalue weighted by Gasteiger charge is 2.06. The van der Waals surface area contributed by atoms with Crippen LogP contribution in [-0.2, 0) is 6.54 Å². The molecule has 4 heteroatoms. The molecular formula is C14H13ClN2O. The van der Waals surface area contributed by atoms with Crippen LogP contribution in [-0.4, -0.2) is 5.91 Å². The highest BCUT2D eigenvalue weighted by Crippen LogP contribution is 2.14. The van der Waals surface area contributed by atoms with E-state index < -0.39 is 0 Å². The number of nitrogens with one attached hydrogen (secondary N) is 1. The number of carbonyl (C=O) groups excluding carboxylic acids is 1. The normalized spacial score (nSPS) is 10.1. The van der Waals surface area contributed by atoms with Crippen LogP contribution in [0.3, 0.4) is 0 Å². The molecule has 2 aromatic carbocycles. The lowest BCUT2D eigenvalue weighted by molar-refractivity contribution is 0.102. The van der Waals surface area contributed by atoms with Crippen LogP contribution in [0.4, 0.5) is 5.69 Å². The molecule has 92 valence electrons. The molecule has 0 aromatic heterocycles. The summed E-state index contributed by atoms with van der Waals surface area (Å²) in [6, 6.07) is 14.3. The maximum Gasteiger partial charge on any atom is 0.255 e. The molecule has 3 nitrogen and oxygen atoms in total. The molecular weight excluding hydrogens is 248 g/mol. The van der Waals surface area contributed by atoms with Gasteiger partial charge in [-0.1, -0.05) is 29.8 Å². The number of nitrogens with two attached hydrogens (primary N) is 1. The number of anilines is 1. The van der Waals surface area contributed by atoms with Gasteiger partial charge in [-0.2, -0.15) is 0 Å². The molecule has 2 aromatic rings. The molecule has 1 amide bonds. The van der Waals surface area contributed by atoms with Crippen LogP contribution in [0.1, 0.15) is 15.9 Å². The third-order valence-electron chi connectivity index (χ3n) is 2.51. The predicted molar refractivity (Wildman–Crippen MR) is 73.7 cm³/mol. The van der Waals surface area contributed by atoms with Crippen molar-refractivity contribution in [2.45, 2.75) is 6.54 Å². The average Bonchev–Trinajstić information content (AvgIpc) is 2.39. The average molecular weight is 261 g/mol. The Kier molecular flexibility index (Phi) is 3.97. The van der Waals surface area contributed by atoms with Crippen molar-refractivity contribution in [3.05, 3.63) is 64.7 Å². The Morgan fingerprint density at radius 2 is 1.94 bits per heavy atom. The summed E-state index contributed by atoms with van der Waals surface area (Å²) in [6.45, 7) is 0.445. The highest BCUT2D eigenvalue weighted by molar-refractivity contribution is 6.31. The summed E-state index contributed by atoms with van der Waals surface area (Å²) in [4.78, 5) is 12.0. The standard InChI is InChI=1S/C14H13ClN2O/c15-12-5-2-4-11(8-12)14(18)17-13-6-1-3-10(7-13)9-16/h1-8H,9,16H2,(H,17,18). The molecule has 0 fully saturated rings. The number of benzene rings is 2. The summed E-state index contributed by atoms with van der Waals surface area (Å²) in [6.07, 6.45) is 0. The van der Waals surface area contributed by atoms with Gasteiger partial charge in [0.2, 0.25) is 0 Å². The van der Waals surface area contributed by atoms with Crippen LogP contribution in [0.15, 0.2) is 48.5 Å². The van der Waals surface area contributed by atoms with E-state index in [1.807, 2.05) is 24.3 Å². The van der Waals surface area contributed by atoms with Crippen LogP contribution < -0.4 is 11.1 Å². The van der Waals surface area contributed by atoms with Gasteiger partial charge in [0.05, 0.1) is 0 Å². The molecule has 2 rings (SSSR count).